The molecule has 7 heteroatoms. The Hall–Kier alpha value is -2.37. The van der Waals surface area contributed by atoms with Crippen LogP contribution in [-0.2, 0) is 6.42 Å². The van der Waals surface area contributed by atoms with E-state index in [-0.39, 0.29) is 22.2 Å². The van der Waals surface area contributed by atoms with Crippen molar-refractivity contribution in [3.05, 3.63) is 69.8 Å². The van der Waals surface area contributed by atoms with Gasteiger partial charge in [0.15, 0.2) is 11.5 Å². The predicted octanol–water partition coefficient (Wildman–Crippen LogP) is 5.54. The fraction of sp³-hybridized carbons (Fsp3) is 0.238. The zero-order valence-corrected chi connectivity index (χ0v) is 17.3. The zero-order chi connectivity index (χ0) is 20.4. The van der Waals surface area contributed by atoms with E-state index >= 15 is 0 Å². The molecule has 0 saturated heterocycles. The predicted molar refractivity (Wildman–Crippen MR) is 111 cm³/mol. The van der Waals surface area contributed by atoms with Gasteiger partial charge in [-0.3, -0.25) is 9.36 Å². The van der Waals surface area contributed by atoms with Gasteiger partial charge in [0.2, 0.25) is 0 Å². The van der Waals surface area contributed by atoms with E-state index in [4.69, 9.17) is 23.2 Å². The lowest BCUT2D eigenvalue weighted by atomic mass is 10.1. The number of nitrogens with one attached hydrogen (secondary N) is 1. The highest BCUT2D eigenvalue weighted by atomic mass is 35.5. The molecule has 0 aliphatic rings. The molecule has 0 saturated carbocycles. The smallest absolute Gasteiger partial charge is 0.271 e. The summed E-state index contributed by atoms with van der Waals surface area (Å²) in [7, 11) is 1.51. The zero-order valence-electron chi connectivity index (χ0n) is 15.8. The summed E-state index contributed by atoms with van der Waals surface area (Å²) in [6.07, 6.45) is 0.596. The van der Waals surface area contributed by atoms with Crippen LogP contribution >= 0.6 is 23.2 Å². The summed E-state index contributed by atoms with van der Waals surface area (Å²) < 4.78 is 16.7. The number of imidazole rings is 1. The number of benzene rings is 2. The van der Waals surface area contributed by atoms with Gasteiger partial charge >= 0.3 is 0 Å². The van der Waals surface area contributed by atoms with Crippen LogP contribution < -0.4 is 5.32 Å². The van der Waals surface area contributed by atoms with Crippen molar-refractivity contribution in [1.29, 1.82) is 0 Å². The van der Waals surface area contributed by atoms with E-state index in [0.29, 0.717) is 28.6 Å². The number of hydrogen-bond acceptors (Lipinski definition) is 2. The summed E-state index contributed by atoms with van der Waals surface area (Å²) in [4.78, 5) is 17.2. The normalized spacial score (nSPS) is 11.1. The van der Waals surface area contributed by atoms with Gasteiger partial charge in [0, 0.05) is 29.7 Å². The second-order valence-electron chi connectivity index (χ2n) is 6.82. The third-order valence-electron chi connectivity index (χ3n) is 4.25. The Balaban J connectivity index is 2.41. The quantitative estimate of drug-likeness (QED) is 0.589. The summed E-state index contributed by atoms with van der Waals surface area (Å²) in [5, 5.41) is 3.09. The fourth-order valence-corrected chi connectivity index (χ4v) is 3.43. The van der Waals surface area contributed by atoms with Crippen molar-refractivity contribution in [2.45, 2.75) is 20.3 Å². The van der Waals surface area contributed by atoms with Crippen LogP contribution in [0.4, 0.5) is 4.39 Å². The molecule has 0 unspecified atom stereocenters. The molecule has 28 heavy (non-hydrogen) atoms. The van der Waals surface area contributed by atoms with E-state index in [2.05, 4.69) is 24.1 Å². The molecule has 2 aromatic carbocycles. The summed E-state index contributed by atoms with van der Waals surface area (Å²) in [6.45, 7) is 4.10. The molecule has 1 amide bonds. The second kappa shape index (κ2) is 8.33. The number of rotatable bonds is 5. The maximum absolute atomic E-state index is 15.0. The molecule has 1 heterocycles. The number of halogens is 3. The molecule has 0 bridgehead atoms. The summed E-state index contributed by atoms with van der Waals surface area (Å²) in [6, 6.07) is 11.9. The first-order chi connectivity index (χ1) is 13.3. The van der Waals surface area contributed by atoms with Crippen molar-refractivity contribution >= 4 is 29.1 Å². The Labute approximate surface area is 173 Å². The van der Waals surface area contributed by atoms with Crippen molar-refractivity contribution in [3.8, 4) is 16.9 Å². The van der Waals surface area contributed by atoms with Crippen molar-refractivity contribution in [2.24, 2.45) is 5.92 Å². The maximum atomic E-state index is 15.0. The number of aromatic nitrogens is 2. The van der Waals surface area contributed by atoms with Gasteiger partial charge in [0.1, 0.15) is 5.82 Å². The van der Waals surface area contributed by atoms with Crippen LogP contribution in [0.5, 0.6) is 0 Å². The highest BCUT2D eigenvalue weighted by Crippen LogP contribution is 2.34. The topological polar surface area (TPSA) is 46.9 Å². The van der Waals surface area contributed by atoms with Gasteiger partial charge in [0.05, 0.1) is 10.7 Å². The van der Waals surface area contributed by atoms with Crippen LogP contribution in [0.25, 0.3) is 16.9 Å². The molecular formula is C21H20Cl2FN3O. The van der Waals surface area contributed by atoms with E-state index in [9.17, 15) is 9.18 Å². The van der Waals surface area contributed by atoms with Gasteiger partial charge in [0.25, 0.3) is 5.91 Å². The number of carbonyl (C=O) groups is 1. The highest BCUT2D eigenvalue weighted by Gasteiger charge is 2.27. The maximum Gasteiger partial charge on any atom is 0.271 e. The first kappa shape index (κ1) is 20.4. The summed E-state index contributed by atoms with van der Waals surface area (Å²) >= 11 is 12.2. The van der Waals surface area contributed by atoms with Gasteiger partial charge in [-0.1, -0.05) is 49.2 Å². The van der Waals surface area contributed by atoms with Gasteiger partial charge in [-0.05, 0) is 36.2 Å². The van der Waals surface area contributed by atoms with Crippen LogP contribution in [0, 0.1) is 11.7 Å². The van der Waals surface area contributed by atoms with Crippen molar-refractivity contribution in [3.63, 3.8) is 0 Å². The Bertz CT molecular complexity index is 1030. The van der Waals surface area contributed by atoms with Crippen LogP contribution in [0.3, 0.4) is 0 Å². The molecule has 0 radical (unpaired) electrons. The van der Waals surface area contributed by atoms with Crippen molar-refractivity contribution in [1.82, 2.24) is 14.9 Å². The molecule has 4 nitrogen and oxygen atoms in total. The van der Waals surface area contributed by atoms with E-state index in [0.717, 1.165) is 0 Å². The monoisotopic (exact) mass is 419 g/mol. The Morgan fingerprint density at radius 2 is 1.93 bits per heavy atom. The number of nitrogens with zero attached hydrogens (tertiary/aromatic N) is 2. The van der Waals surface area contributed by atoms with Crippen molar-refractivity contribution < 1.29 is 9.18 Å². The molecule has 0 spiro atoms. The van der Waals surface area contributed by atoms with E-state index in [1.54, 1.807) is 34.9 Å². The van der Waals surface area contributed by atoms with Gasteiger partial charge in [-0.2, -0.15) is 0 Å². The molecule has 146 valence electrons. The Morgan fingerprint density at radius 3 is 2.57 bits per heavy atom. The van der Waals surface area contributed by atoms with E-state index in [1.807, 2.05) is 6.07 Å². The molecule has 0 aliphatic carbocycles. The first-order valence-corrected chi connectivity index (χ1v) is 9.63. The molecule has 0 fully saturated rings. The lowest BCUT2D eigenvalue weighted by molar-refractivity contribution is 0.0959. The van der Waals surface area contributed by atoms with Crippen LogP contribution in [0.2, 0.25) is 10.0 Å². The minimum absolute atomic E-state index is 0.0235. The molecule has 0 atom stereocenters. The SMILES string of the molecule is CNC(=O)c1nc(CC(C)C)n(-c2cccc(Cl)c2)c1-c1cccc(Cl)c1F. The summed E-state index contributed by atoms with van der Waals surface area (Å²) in [5.41, 5.74) is 1.38. The third-order valence-corrected chi connectivity index (χ3v) is 4.78. The van der Waals surface area contributed by atoms with Crippen molar-refractivity contribution in [2.75, 3.05) is 7.05 Å². The van der Waals surface area contributed by atoms with Gasteiger partial charge in [-0.25, -0.2) is 9.37 Å². The van der Waals surface area contributed by atoms with E-state index in [1.165, 1.54) is 13.1 Å². The van der Waals surface area contributed by atoms with Crippen LogP contribution in [0.15, 0.2) is 42.5 Å². The lowest BCUT2D eigenvalue weighted by Crippen LogP contribution is -2.19. The average molecular weight is 420 g/mol. The van der Waals surface area contributed by atoms with Gasteiger partial charge < -0.3 is 5.32 Å². The standard InChI is InChI=1S/C21H20Cl2FN3O/c1-12(2)10-17-26-19(21(28)25-3)20(15-8-5-9-16(23)18(15)24)27(17)14-7-4-6-13(22)11-14/h4-9,11-12H,10H2,1-3H3,(H,25,28). The Kier molecular flexibility index (Phi) is 6.06. The summed E-state index contributed by atoms with van der Waals surface area (Å²) in [5.74, 6) is -0.0890. The van der Waals surface area contributed by atoms with Gasteiger partial charge in [-0.15, -0.1) is 0 Å². The number of hydrogen-bond donors (Lipinski definition) is 1. The first-order valence-electron chi connectivity index (χ1n) is 8.87. The molecule has 3 aromatic rings. The number of amides is 1. The molecule has 0 aliphatic heterocycles. The molecule has 1 aromatic heterocycles. The fourth-order valence-electron chi connectivity index (χ4n) is 3.07. The second-order valence-corrected chi connectivity index (χ2v) is 7.66. The largest absolute Gasteiger partial charge is 0.354 e. The average Bonchev–Trinajstić information content (AvgIpc) is 3.01. The minimum atomic E-state index is -0.603. The third kappa shape index (κ3) is 3.91. The molecule has 1 N–H and O–H groups in total. The van der Waals surface area contributed by atoms with E-state index < -0.39 is 11.7 Å². The molecule has 3 rings (SSSR count). The number of carbonyl (C=O) groups excluding carboxylic acids is 1. The highest BCUT2D eigenvalue weighted by molar-refractivity contribution is 6.31. The minimum Gasteiger partial charge on any atom is -0.354 e. The molecular weight excluding hydrogens is 400 g/mol. The van der Waals surface area contributed by atoms with Crippen LogP contribution in [-0.4, -0.2) is 22.5 Å². The lowest BCUT2D eigenvalue weighted by Gasteiger charge is -2.15. The Morgan fingerprint density at radius 1 is 1.21 bits per heavy atom. The van der Waals surface area contributed by atoms with Crippen LogP contribution in [0.1, 0.15) is 30.2 Å².